The molecule has 132 valence electrons. The summed E-state index contributed by atoms with van der Waals surface area (Å²) >= 11 is 0. The van der Waals surface area contributed by atoms with Crippen LogP contribution >= 0.6 is 0 Å². The summed E-state index contributed by atoms with van der Waals surface area (Å²) < 4.78 is 4.13. The van der Waals surface area contributed by atoms with Crippen LogP contribution < -0.4 is 22.0 Å². The lowest BCUT2D eigenvalue weighted by molar-refractivity contribution is -0.116. The van der Waals surface area contributed by atoms with E-state index in [1.807, 2.05) is 6.92 Å². The lowest BCUT2D eigenvalue weighted by atomic mass is 10.3. The van der Waals surface area contributed by atoms with Crippen LogP contribution in [0.4, 0.5) is 5.95 Å². The zero-order chi connectivity index (χ0) is 18.3. The van der Waals surface area contributed by atoms with Crippen LogP contribution in [0.1, 0.15) is 13.8 Å². The smallest absolute Gasteiger partial charge is 0.332 e. The fraction of sp³-hybridized carbons (Fsp3) is 0.400. The monoisotopic (exact) mass is 345 g/mol. The van der Waals surface area contributed by atoms with Gasteiger partial charge in [-0.1, -0.05) is 12.2 Å². The quantitative estimate of drug-likeness (QED) is 0.724. The number of aryl methyl sites for hydroxylation is 1. The van der Waals surface area contributed by atoms with E-state index in [0.717, 1.165) is 4.57 Å². The Balaban J connectivity index is 2.32. The Bertz CT molecular complexity index is 1040. The minimum atomic E-state index is -0.573. The van der Waals surface area contributed by atoms with Crippen molar-refractivity contribution in [1.82, 2.24) is 18.7 Å². The predicted molar refractivity (Wildman–Crippen MR) is 93.7 cm³/mol. The first-order chi connectivity index (χ1) is 11.8. The summed E-state index contributed by atoms with van der Waals surface area (Å²) in [5.41, 5.74) is 5.63. The summed E-state index contributed by atoms with van der Waals surface area (Å²) in [6.07, 6.45) is 3.50. The van der Waals surface area contributed by atoms with Crippen molar-refractivity contribution in [3.05, 3.63) is 33.0 Å². The molecule has 0 aliphatic carbocycles. The van der Waals surface area contributed by atoms with Crippen LogP contribution in [0.2, 0.25) is 0 Å². The first kappa shape index (κ1) is 16.7. The highest BCUT2D eigenvalue weighted by Gasteiger charge is 2.27. The third-order valence-electron chi connectivity index (χ3n) is 3.95. The zero-order valence-corrected chi connectivity index (χ0v) is 14.3. The number of nitrogens with two attached hydrogens (primary N) is 1. The number of hydrogen-bond acceptors (Lipinski definition) is 6. The fourth-order valence-corrected chi connectivity index (χ4v) is 2.84. The number of hydrogen-bond donors (Lipinski definition) is 1. The number of fused-ring (bicyclic) bond motifs is 3. The van der Waals surface area contributed by atoms with E-state index in [0.29, 0.717) is 23.7 Å². The molecule has 25 heavy (non-hydrogen) atoms. The van der Waals surface area contributed by atoms with Crippen molar-refractivity contribution in [3.8, 4) is 0 Å². The van der Waals surface area contributed by atoms with Crippen LogP contribution in [0.25, 0.3) is 11.2 Å². The van der Waals surface area contributed by atoms with Gasteiger partial charge in [0, 0.05) is 13.6 Å². The third kappa shape index (κ3) is 2.65. The van der Waals surface area contributed by atoms with Gasteiger partial charge in [-0.2, -0.15) is 10.1 Å². The van der Waals surface area contributed by atoms with Crippen molar-refractivity contribution in [2.75, 3.05) is 11.6 Å². The lowest BCUT2D eigenvalue weighted by Crippen LogP contribution is -2.40. The molecular weight excluding hydrogens is 326 g/mol. The van der Waals surface area contributed by atoms with Crippen molar-refractivity contribution in [3.63, 3.8) is 0 Å². The van der Waals surface area contributed by atoms with Crippen LogP contribution in [0, 0.1) is 0 Å². The molecule has 10 heteroatoms. The molecule has 2 aromatic rings. The van der Waals surface area contributed by atoms with E-state index in [9.17, 15) is 14.4 Å². The second-order valence-corrected chi connectivity index (χ2v) is 5.86. The molecular formula is C15H19N7O3. The van der Waals surface area contributed by atoms with Crippen molar-refractivity contribution in [2.24, 2.45) is 17.9 Å². The van der Waals surface area contributed by atoms with Gasteiger partial charge in [-0.15, -0.1) is 0 Å². The van der Waals surface area contributed by atoms with E-state index in [1.165, 1.54) is 9.58 Å². The second-order valence-electron chi connectivity index (χ2n) is 5.86. The SMILES string of the molecule is C/C=C/Cn1c(=O)c2c(nc3n2CC(C)=NN3CC(N)=O)n(C)c1=O. The van der Waals surface area contributed by atoms with E-state index >= 15 is 0 Å². The summed E-state index contributed by atoms with van der Waals surface area (Å²) in [6.45, 7) is 3.95. The molecule has 3 rings (SSSR count). The highest BCUT2D eigenvalue weighted by molar-refractivity contribution is 5.89. The van der Waals surface area contributed by atoms with Gasteiger partial charge in [0.05, 0.1) is 12.3 Å². The number of hydrazone groups is 1. The molecule has 2 aromatic heterocycles. The number of nitrogens with zero attached hydrogens (tertiary/aromatic N) is 6. The van der Waals surface area contributed by atoms with Gasteiger partial charge in [0.15, 0.2) is 11.2 Å². The average molecular weight is 345 g/mol. The number of anilines is 1. The Kier molecular flexibility index (Phi) is 4.03. The van der Waals surface area contributed by atoms with Crippen LogP contribution in [0.15, 0.2) is 26.8 Å². The zero-order valence-electron chi connectivity index (χ0n) is 14.3. The Morgan fingerprint density at radius 1 is 1.36 bits per heavy atom. The van der Waals surface area contributed by atoms with Crippen LogP contribution in [0.3, 0.4) is 0 Å². The lowest BCUT2D eigenvalue weighted by Gasteiger charge is -2.23. The maximum atomic E-state index is 12.9. The summed E-state index contributed by atoms with van der Waals surface area (Å²) in [5.74, 6) is -0.258. The highest BCUT2D eigenvalue weighted by Crippen LogP contribution is 2.23. The minimum absolute atomic E-state index is 0.165. The number of allylic oxidation sites excluding steroid dienone is 2. The highest BCUT2D eigenvalue weighted by atomic mass is 16.2. The molecule has 0 saturated carbocycles. The topological polar surface area (TPSA) is 121 Å². The molecule has 0 aromatic carbocycles. The van der Waals surface area contributed by atoms with Gasteiger partial charge >= 0.3 is 5.69 Å². The van der Waals surface area contributed by atoms with Gasteiger partial charge in [-0.25, -0.2) is 9.80 Å². The van der Waals surface area contributed by atoms with Gasteiger partial charge in [0.1, 0.15) is 6.54 Å². The van der Waals surface area contributed by atoms with E-state index in [2.05, 4.69) is 10.1 Å². The number of imidazole rings is 1. The van der Waals surface area contributed by atoms with Gasteiger partial charge in [-0.05, 0) is 13.8 Å². The number of carbonyl (C=O) groups excluding carboxylic acids is 1. The molecule has 0 saturated heterocycles. The number of primary amides is 1. The molecule has 1 aliphatic heterocycles. The summed E-state index contributed by atoms with van der Waals surface area (Å²) in [7, 11) is 1.56. The van der Waals surface area contributed by atoms with Crippen LogP contribution in [-0.2, 0) is 24.9 Å². The van der Waals surface area contributed by atoms with E-state index < -0.39 is 17.2 Å². The molecule has 0 bridgehead atoms. The standard InChI is InChI=1S/C15H19N7O3/c1-4-5-6-20-13(24)11-12(19(3)15(20)25)17-14-21(11)7-9(2)18-22(14)8-10(16)23/h4-5H,6-8H2,1-3H3,(H2,16,23)/b5-4+. The van der Waals surface area contributed by atoms with Crippen molar-refractivity contribution in [2.45, 2.75) is 26.9 Å². The van der Waals surface area contributed by atoms with Crippen molar-refractivity contribution in [1.29, 1.82) is 0 Å². The Hall–Kier alpha value is -3.17. The van der Waals surface area contributed by atoms with Crippen LogP contribution in [-0.4, -0.2) is 36.8 Å². The maximum Gasteiger partial charge on any atom is 0.332 e. The Labute approximate surface area is 142 Å². The third-order valence-corrected chi connectivity index (χ3v) is 3.95. The molecule has 0 unspecified atom stereocenters. The number of carbonyl (C=O) groups is 1. The molecule has 1 amide bonds. The normalized spacial score (nSPS) is 14.2. The molecule has 0 fully saturated rings. The molecule has 1 aliphatic rings. The van der Waals surface area contributed by atoms with Crippen molar-refractivity contribution >= 4 is 28.7 Å². The predicted octanol–water partition coefficient (Wildman–Crippen LogP) is -0.846. The summed E-state index contributed by atoms with van der Waals surface area (Å²) in [5, 5.41) is 5.62. The van der Waals surface area contributed by atoms with Gasteiger partial charge in [0.25, 0.3) is 5.56 Å². The fourth-order valence-electron chi connectivity index (χ4n) is 2.84. The Morgan fingerprint density at radius 2 is 2.08 bits per heavy atom. The molecule has 3 heterocycles. The number of rotatable bonds is 4. The average Bonchev–Trinajstić information content (AvgIpc) is 2.92. The van der Waals surface area contributed by atoms with Crippen molar-refractivity contribution < 1.29 is 4.79 Å². The molecule has 10 nitrogen and oxygen atoms in total. The van der Waals surface area contributed by atoms with Crippen LogP contribution in [0.5, 0.6) is 0 Å². The number of aromatic nitrogens is 4. The summed E-state index contributed by atoms with van der Waals surface area (Å²) in [4.78, 5) is 41.0. The first-order valence-electron chi connectivity index (χ1n) is 7.76. The molecule has 0 spiro atoms. The largest absolute Gasteiger partial charge is 0.368 e. The van der Waals surface area contributed by atoms with E-state index in [1.54, 1.807) is 30.7 Å². The van der Waals surface area contributed by atoms with E-state index in [-0.39, 0.29) is 18.7 Å². The molecule has 2 N–H and O–H groups in total. The van der Waals surface area contributed by atoms with E-state index in [4.69, 9.17) is 5.73 Å². The van der Waals surface area contributed by atoms with Gasteiger partial charge in [-0.3, -0.25) is 23.3 Å². The second kappa shape index (κ2) is 6.04. The minimum Gasteiger partial charge on any atom is -0.368 e. The van der Waals surface area contributed by atoms with Gasteiger partial charge in [0.2, 0.25) is 11.9 Å². The number of amides is 1. The molecule has 0 atom stereocenters. The summed E-state index contributed by atoms with van der Waals surface area (Å²) in [6, 6.07) is 0. The van der Waals surface area contributed by atoms with Gasteiger partial charge < -0.3 is 5.73 Å². The first-order valence-corrected chi connectivity index (χ1v) is 7.76. The Morgan fingerprint density at radius 3 is 2.72 bits per heavy atom. The maximum absolute atomic E-state index is 12.9. The molecule has 0 radical (unpaired) electrons.